The summed E-state index contributed by atoms with van der Waals surface area (Å²) < 4.78 is 7.43. The van der Waals surface area contributed by atoms with E-state index in [0.29, 0.717) is 6.42 Å². The fourth-order valence-corrected chi connectivity index (χ4v) is 2.62. The predicted molar refractivity (Wildman–Crippen MR) is 62.0 cm³/mol. The van der Waals surface area contributed by atoms with Crippen LogP contribution in [0.25, 0.3) is 0 Å². The lowest BCUT2D eigenvalue weighted by molar-refractivity contribution is -0.131. The number of thioether (sulfide) groups is 1. The number of hydrogen-bond acceptors (Lipinski definition) is 6. The van der Waals surface area contributed by atoms with Crippen molar-refractivity contribution in [2.24, 2.45) is 12.9 Å². The van der Waals surface area contributed by atoms with E-state index in [1.165, 1.54) is 0 Å². The molecule has 2 unspecified atom stereocenters. The lowest BCUT2D eigenvalue weighted by Gasteiger charge is -2.11. The number of hydrazine groups is 1. The third-order valence-electron chi connectivity index (χ3n) is 2.61. The third kappa shape index (κ3) is 2.96. The molecule has 17 heavy (non-hydrogen) atoms. The van der Waals surface area contributed by atoms with Gasteiger partial charge >= 0.3 is 0 Å². The van der Waals surface area contributed by atoms with Crippen molar-refractivity contribution in [3.63, 3.8) is 0 Å². The summed E-state index contributed by atoms with van der Waals surface area (Å²) in [7, 11) is 1.89. The molecule has 1 aliphatic rings. The molecule has 0 spiro atoms. The van der Waals surface area contributed by atoms with Crippen molar-refractivity contribution in [1.82, 2.24) is 20.2 Å². The Labute approximate surface area is 103 Å². The van der Waals surface area contributed by atoms with E-state index in [2.05, 4.69) is 15.6 Å². The Kier molecular flexibility index (Phi) is 3.97. The largest absolute Gasteiger partial charge is 0.364 e. The fraction of sp³-hybridized carbons (Fsp3) is 0.667. The minimum atomic E-state index is -0.412. The molecule has 2 rings (SSSR count). The van der Waals surface area contributed by atoms with Gasteiger partial charge in [0.05, 0.1) is 6.10 Å². The van der Waals surface area contributed by atoms with Crippen LogP contribution >= 0.6 is 11.8 Å². The molecule has 94 valence electrons. The maximum atomic E-state index is 11.3. The SMILES string of the molecule is Cn1cnnc1SCC1CCC(C(=O)NN)O1. The maximum Gasteiger partial charge on any atom is 0.263 e. The van der Waals surface area contributed by atoms with Crippen molar-refractivity contribution in [3.8, 4) is 0 Å². The Morgan fingerprint density at radius 3 is 3.24 bits per heavy atom. The zero-order chi connectivity index (χ0) is 12.3. The summed E-state index contributed by atoms with van der Waals surface area (Å²) in [5.41, 5.74) is 2.11. The first-order valence-electron chi connectivity index (χ1n) is 5.33. The molecule has 7 nitrogen and oxygen atoms in total. The van der Waals surface area contributed by atoms with Gasteiger partial charge in [-0.15, -0.1) is 10.2 Å². The van der Waals surface area contributed by atoms with Crippen molar-refractivity contribution >= 4 is 17.7 Å². The van der Waals surface area contributed by atoms with Gasteiger partial charge in [0.15, 0.2) is 5.16 Å². The van der Waals surface area contributed by atoms with Crippen molar-refractivity contribution in [2.45, 2.75) is 30.2 Å². The van der Waals surface area contributed by atoms with Crippen LogP contribution in [0.5, 0.6) is 0 Å². The van der Waals surface area contributed by atoms with Crippen molar-refractivity contribution in [2.75, 3.05) is 5.75 Å². The zero-order valence-corrected chi connectivity index (χ0v) is 10.3. The normalized spacial score (nSPS) is 23.9. The van der Waals surface area contributed by atoms with Gasteiger partial charge in [-0.1, -0.05) is 11.8 Å². The van der Waals surface area contributed by atoms with Crippen LogP contribution < -0.4 is 11.3 Å². The van der Waals surface area contributed by atoms with E-state index in [4.69, 9.17) is 10.6 Å². The quantitative estimate of drug-likeness (QED) is 0.325. The first kappa shape index (κ1) is 12.3. The molecule has 1 aliphatic heterocycles. The third-order valence-corrected chi connectivity index (χ3v) is 3.78. The highest BCUT2D eigenvalue weighted by atomic mass is 32.2. The summed E-state index contributed by atoms with van der Waals surface area (Å²) in [4.78, 5) is 11.3. The molecule has 1 aromatic heterocycles. The summed E-state index contributed by atoms with van der Waals surface area (Å²) >= 11 is 1.57. The summed E-state index contributed by atoms with van der Waals surface area (Å²) in [6.45, 7) is 0. The molecule has 0 saturated carbocycles. The smallest absolute Gasteiger partial charge is 0.263 e. The second-order valence-corrected chi connectivity index (χ2v) is 4.86. The highest BCUT2D eigenvalue weighted by Gasteiger charge is 2.30. The van der Waals surface area contributed by atoms with Gasteiger partial charge in [0.25, 0.3) is 5.91 Å². The minimum absolute atomic E-state index is 0.0685. The number of aromatic nitrogens is 3. The molecule has 0 aliphatic carbocycles. The first-order valence-corrected chi connectivity index (χ1v) is 6.32. The van der Waals surface area contributed by atoms with Gasteiger partial charge in [0.1, 0.15) is 12.4 Å². The molecular weight excluding hydrogens is 242 g/mol. The number of carbonyl (C=O) groups is 1. The van der Waals surface area contributed by atoms with E-state index in [-0.39, 0.29) is 12.0 Å². The monoisotopic (exact) mass is 257 g/mol. The standard InChI is InChI=1S/C9H15N5O2S/c1-14-5-11-13-9(14)17-4-6-2-3-7(16-6)8(15)12-10/h5-7H,2-4,10H2,1H3,(H,12,15). The van der Waals surface area contributed by atoms with E-state index in [0.717, 1.165) is 17.3 Å². The number of nitrogens with two attached hydrogens (primary N) is 1. The number of nitrogens with zero attached hydrogens (tertiary/aromatic N) is 3. The molecule has 0 radical (unpaired) electrons. The number of rotatable bonds is 4. The van der Waals surface area contributed by atoms with Gasteiger partial charge in [-0.05, 0) is 12.8 Å². The zero-order valence-electron chi connectivity index (χ0n) is 9.50. The highest BCUT2D eigenvalue weighted by molar-refractivity contribution is 7.99. The van der Waals surface area contributed by atoms with Crippen LogP contribution in [0.15, 0.2) is 11.5 Å². The fourth-order valence-electron chi connectivity index (χ4n) is 1.68. The summed E-state index contributed by atoms with van der Waals surface area (Å²) in [6, 6.07) is 0. The molecule has 3 N–H and O–H groups in total. The van der Waals surface area contributed by atoms with Gasteiger partial charge < -0.3 is 9.30 Å². The maximum absolute atomic E-state index is 11.3. The van der Waals surface area contributed by atoms with E-state index < -0.39 is 6.10 Å². The van der Waals surface area contributed by atoms with Crippen LogP contribution in [0.1, 0.15) is 12.8 Å². The van der Waals surface area contributed by atoms with E-state index in [1.54, 1.807) is 18.1 Å². The van der Waals surface area contributed by atoms with Crippen molar-refractivity contribution < 1.29 is 9.53 Å². The molecular formula is C9H15N5O2S. The Balaban J connectivity index is 1.79. The first-order chi connectivity index (χ1) is 8.20. The molecule has 1 saturated heterocycles. The Hall–Kier alpha value is -1.12. The van der Waals surface area contributed by atoms with Crippen molar-refractivity contribution in [3.05, 3.63) is 6.33 Å². The minimum Gasteiger partial charge on any atom is -0.364 e. The van der Waals surface area contributed by atoms with Crippen LogP contribution in [0, 0.1) is 0 Å². The molecule has 2 heterocycles. The molecule has 1 amide bonds. The predicted octanol–water partition coefficient (Wildman–Crippen LogP) is -0.555. The lowest BCUT2D eigenvalue weighted by atomic mass is 10.2. The van der Waals surface area contributed by atoms with E-state index in [1.807, 2.05) is 11.6 Å². The van der Waals surface area contributed by atoms with Gasteiger partial charge in [-0.2, -0.15) is 0 Å². The van der Waals surface area contributed by atoms with Gasteiger partial charge in [0, 0.05) is 12.8 Å². The molecule has 1 fully saturated rings. The number of hydrogen-bond donors (Lipinski definition) is 2. The molecule has 8 heteroatoms. The van der Waals surface area contributed by atoms with Gasteiger partial charge in [0.2, 0.25) is 0 Å². The number of amides is 1. The summed E-state index contributed by atoms with van der Waals surface area (Å²) in [6.07, 6.45) is 2.89. The van der Waals surface area contributed by atoms with Crippen molar-refractivity contribution in [1.29, 1.82) is 0 Å². The summed E-state index contributed by atoms with van der Waals surface area (Å²) in [5, 5.41) is 8.61. The average Bonchev–Trinajstić information content (AvgIpc) is 2.94. The molecule has 0 bridgehead atoms. The van der Waals surface area contributed by atoms with Crippen LogP contribution in [-0.2, 0) is 16.6 Å². The molecule has 1 aromatic rings. The Morgan fingerprint density at radius 2 is 2.59 bits per heavy atom. The summed E-state index contributed by atoms with van der Waals surface area (Å²) in [5.74, 6) is 5.57. The average molecular weight is 257 g/mol. The Bertz CT molecular complexity index is 396. The number of ether oxygens (including phenoxy) is 1. The van der Waals surface area contributed by atoms with Crippen LogP contribution in [0.4, 0.5) is 0 Å². The van der Waals surface area contributed by atoms with Gasteiger partial charge in [-0.3, -0.25) is 10.2 Å². The van der Waals surface area contributed by atoms with Crippen LogP contribution in [0.3, 0.4) is 0 Å². The number of aryl methyl sites for hydroxylation is 1. The van der Waals surface area contributed by atoms with Crippen LogP contribution in [0.2, 0.25) is 0 Å². The molecule has 0 aromatic carbocycles. The highest BCUT2D eigenvalue weighted by Crippen LogP contribution is 2.25. The van der Waals surface area contributed by atoms with Gasteiger partial charge in [-0.25, -0.2) is 5.84 Å². The van der Waals surface area contributed by atoms with Crippen LogP contribution in [-0.4, -0.2) is 38.6 Å². The molecule has 2 atom stereocenters. The van der Waals surface area contributed by atoms with E-state index in [9.17, 15) is 4.79 Å². The second-order valence-electron chi connectivity index (χ2n) is 3.87. The number of nitrogens with one attached hydrogen (secondary N) is 1. The topological polar surface area (TPSA) is 95.1 Å². The number of carbonyl (C=O) groups excluding carboxylic acids is 1. The second kappa shape index (κ2) is 5.48. The Morgan fingerprint density at radius 1 is 1.76 bits per heavy atom. The van der Waals surface area contributed by atoms with E-state index >= 15 is 0 Å². The lowest BCUT2D eigenvalue weighted by Crippen LogP contribution is -2.39.